The SMILES string of the molecule is CC(=O)C1=C(C)NC(c2cccc(C(F)(F)F)c2)N(C)C1c1ccc(C#N)cc1C(N)=O. The lowest BCUT2D eigenvalue weighted by Gasteiger charge is -2.43. The summed E-state index contributed by atoms with van der Waals surface area (Å²) in [5, 5.41) is 12.3. The van der Waals surface area contributed by atoms with Crippen molar-refractivity contribution in [3.8, 4) is 6.07 Å². The average molecular weight is 442 g/mol. The second-order valence-corrected chi connectivity index (χ2v) is 7.61. The smallest absolute Gasteiger partial charge is 0.369 e. The zero-order valence-corrected chi connectivity index (χ0v) is 17.6. The van der Waals surface area contributed by atoms with E-state index in [2.05, 4.69) is 5.32 Å². The molecule has 1 amide bonds. The van der Waals surface area contributed by atoms with Crippen LogP contribution in [0.3, 0.4) is 0 Å². The molecule has 0 fully saturated rings. The molecule has 3 N–H and O–H groups in total. The molecule has 2 aromatic carbocycles. The molecule has 0 saturated carbocycles. The van der Waals surface area contributed by atoms with E-state index in [1.165, 1.54) is 25.1 Å². The van der Waals surface area contributed by atoms with Gasteiger partial charge in [0.1, 0.15) is 6.17 Å². The first-order valence-electron chi connectivity index (χ1n) is 9.67. The van der Waals surface area contributed by atoms with Crippen molar-refractivity contribution in [2.24, 2.45) is 5.73 Å². The summed E-state index contributed by atoms with van der Waals surface area (Å²) in [6, 6.07) is 10.5. The van der Waals surface area contributed by atoms with E-state index >= 15 is 0 Å². The van der Waals surface area contributed by atoms with Gasteiger partial charge < -0.3 is 11.1 Å². The van der Waals surface area contributed by atoms with Crippen molar-refractivity contribution >= 4 is 11.7 Å². The van der Waals surface area contributed by atoms with Crippen LogP contribution in [0.4, 0.5) is 13.2 Å². The highest BCUT2D eigenvalue weighted by atomic mass is 19.4. The predicted octanol–water partition coefficient (Wildman–Crippen LogP) is 3.81. The summed E-state index contributed by atoms with van der Waals surface area (Å²) in [5.41, 5.74) is 6.60. The monoisotopic (exact) mass is 442 g/mol. The van der Waals surface area contributed by atoms with Crippen molar-refractivity contribution in [1.82, 2.24) is 10.2 Å². The largest absolute Gasteiger partial charge is 0.416 e. The van der Waals surface area contributed by atoms with Crippen molar-refractivity contribution in [1.29, 1.82) is 5.26 Å². The predicted molar refractivity (Wildman–Crippen MR) is 111 cm³/mol. The maximum Gasteiger partial charge on any atom is 0.416 e. The highest BCUT2D eigenvalue weighted by molar-refractivity contribution is 5.98. The lowest BCUT2D eigenvalue weighted by molar-refractivity contribution is -0.137. The van der Waals surface area contributed by atoms with Crippen LogP contribution in [-0.2, 0) is 11.0 Å². The standard InChI is InChI=1S/C23H21F3N4O2/c1-12-19(13(2)31)20(17-8-7-14(11-27)9-18(17)21(28)32)30(3)22(29-12)15-5-4-6-16(10-15)23(24,25)26/h4-10,20,22,29H,1-3H3,(H2,28,32). The third-order valence-corrected chi connectivity index (χ3v) is 5.50. The zero-order valence-electron chi connectivity index (χ0n) is 17.6. The Bertz CT molecular complexity index is 1160. The molecule has 32 heavy (non-hydrogen) atoms. The fourth-order valence-electron chi connectivity index (χ4n) is 4.06. The van der Waals surface area contributed by atoms with E-state index in [1.54, 1.807) is 31.0 Å². The number of benzene rings is 2. The van der Waals surface area contributed by atoms with E-state index in [-0.39, 0.29) is 16.9 Å². The minimum Gasteiger partial charge on any atom is -0.369 e. The number of hydrogen-bond donors (Lipinski definition) is 2. The molecule has 1 heterocycles. The summed E-state index contributed by atoms with van der Waals surface area (Å²) in [4.78, 5) is 26.4. The van der Waals surface area contributed by atoms with E-state index in [0.717, 1.165) is 12.1 Å². The van der Waals surface area contributed by atoms with Gasteiger partial charge in [-0.3, -0.25) is 14.5 Å². The zero-order chi connectivity index (χ0) is 23.8. The fraction of sp³-hybridized carbons (Fsp3) is 0.261. The molecule has 0 radical (unpaired) electrons. The van der Waals surface area contributed by atoms with Crippen LogP contribution in [0.1, 0.15) is 58.7 Å². The number of halogens is 3. The number of carbonyl (C=O) groups excluding carboxylic acids is 2. The number of hydrogen-bond acceptors (Lipinski definition) is 5. The molecular formula is C23H21F3N4O2. The number of primary amides is 1. The summed E-state index contributed by atoms with van der Waals surface area (Å²) in [6.07, 6.45) is -5.23. The van der Waals surface area contributed by atoms with Gasteiger partial charge in [0.2, 0.25) is 5.91 Å². The van der Waals surface area contributed by atoms with E-state index in [9.17, 15) is 28.0 Å². The van der Waals surface area contributed by atoms with Crippen molar-refractivity contribution in [2.75, 3.05) is 7.05 Å². The number of Topliss-reactive ketones (excluding diaryl/α,β-unsaturated/α-hetero) is 1. The van der Waals surface area contributed by atoms with Gasteiger partial charge in [0, 0.05) is 16.8 Å². The maximum absolute atomic E-state index is 13.3. The van der Waals surface area contributed by atoms with Gasteiger partial charge >= 0.3 is 6.18 Å². The highest BCUT2D eigenvalue weighted by Crippen LogP contribution is 2.41. The number of carbonyl (C=O) groups is 2. The summed E-state index contributed by atoms with van der Waals surface area (Å²) in [5.74, 6) is -1.05. The molecule has 0 spiro atoms. The number of allylic oxidation sites excluding steroid dienone is 1. The minimum atomic E-state index is -4.51. The fourth-order valence-corrected chi connectivity index (χ4v) is 4.06. The molecule has 0 saturated heterocycles. The first kappa shape index (κ1) is 23.0. The van der Waals surface area contributed by atoms with Crippen LogP contribution in [0, 0.1) is 11.3 Å². The van der Waals surface area contributed by atoms with Crippen molar-refractivity contribution in [3.63, 3.8) is 0 Å². The number of rotatable bonds is 4. The number of amides is 1. The summed E-state index contributed by atoms with van der Waals surface area (Å²) in [7, 11) is 1.64. The molecular weight excluding hydrogens is 421 g/mol. The molecule has 1 aliphatic rings. The Balaban J connectivity index is 2.20. The molecule has 3 rings (SSSR count). The van der Waals surface area contributed by atoms with Crippen LogP contribution >= 0.6 is 0 Å². The minimum absolute atomic E-state index is 0.0668. The number of nitriles is 1. The quantitative estimate of drug-likeness (QED) is 0.750. The number of alkyl halides is 3. The Morgan fingerprint density at radius 1 is 1.19 bits per heavy atom. The molecule has 9 heteroatoms. The van der Waals surface area contributed by atoms with Crippen LogP contribution < -0.4 is 11.1 Å². The van der Waals surface area contributed by atoms with E-state index in [1.807, 2.05) is 6.07 Å². The third kappa shape index (κ3) is 4.22. The molecule has 0 aliphatic carbocycles. The van der Waals surface area contributed by atoms with Gasteiger partial charge in [-0.1, -0.05) is 18.2 Å². The average Bonchev–Trinajstić information content (AvgIpc) is 2.73. The first-order chi connectivity index (χ1) is 15.0. The number of nitrogens with one attached hydrogen (secondary N) is 1. The molecule has 166 valence electrons. The number of likely N-dealkylation sites (N-methyl/N-ethyl adjacent to an activating group) is 1. The second kappa shape index (κ2) is 8.48. The second-order valence-electron chi connectivity index (χ2n) is 7.61. The molecule has 0 aromatic heterocycles. The van der Waals surface area contributed by atoms with Crippen LogP contribution in [0.5, 0.6) is 0 Å². The summed E-state index contributed by atoms with van der Waals surface area (Å²) >= 11 is 0. The van der Waals surface area contributed by atoms with Gasteiger partial charge in [-0.2, -0.15) is 18.4 Å². The van der Waals surface area contributed by atoms with Crippen LogP contribution in [-0.4, -0.2) is 23.6 Å². The van der Waals surface area contributed by atoms with Gasteiger partial charge in [-0.25, -0.2) is 0 Å². The van der Waals surface area contributed by atoms with E-state index < -0.39 is 29.9 Å². The van der Waals surface area contributed by atoms with Crippen LogP contribution in [0.2, 0.25) is 0 Å². The lowest BCUT2D eigenvalue weighted by Crippen LogP contribution is -2.45. The molecule has 6 nitrogen and oxygen atoms in total. The van der Waals surface area contributed by atoms with Crippen molar-refractivity contribution < 1.29 is 22.8 Å². The van der Waals surface area contributed by atoms with Gasteiger partial charge in [-0.05, 0) is 56.3 Å². The normalized spacial score (nSPS) is 19.3. The molecule has 1 aliphatic heterocycles. The lowest BCUT2D eigenvalue weighted by atomic mass is 9.86. The van der Waals surface area contributed by atoms with Crippen LogP contribution in [0.15, 0.2) is 53.7 Å². The molecule has 2 unspecified atom stereocenters. The number of nitrogens with zero attached hydrogens (tertiary/aromatic N) is 2. The van der Waals surface area contributed by atoms with Crippen LogP contribution in [0.25, 0.3) is 0 Å². The Kier molecular flexibility index (Phi) is 6.10. The van der Waals surface area contributed by atoms with Gasteiger partial charge in [-0.15, -0.1) is 0 Å². The van der Waals surface area contributed by atoms with Gasteiger partial charge in [0.25, 0.3) is 0 Å². The Labute approximate surface area is 183 Å². The number of ketones is 1. The topological polar surface area (TPSA) is 99.2 Å². The molecule has 2 atom stereocenters. The highest BCUT2D eigenvalue weighted by Gasteiger charge is 2.38. The first-order valence-corrected chi connectivity index (χ1v) is 9.67. The van der Waals surface area contributed by atoms with E-state index in [0.29, 0.717) is 22.4 Å². The maximum atomic E-state index is 13.3. The molecule has 2 aromatic rings. The van der Waals surface area contributed by atoms with Gasteiger partial charge in [0.15, 0.2) is 5.78 Å². The van der Waals surface area contributed by atoms with E-state index in [4.69, 9.17) is 5.73 Å². The summed E-state index contributed by atoms with van der Waals surface area (Å²) < 4.78 is 39.8. The van der Waals surface area contributed by atoms with Gasteiger partial charge in [0.05, 0.1) is 23.2 Å². The van der Waals surface area contributed by atoms with Crippen molar-refractivity contribution in [3.05, 3.63) is 81.6 Å². The Hall–Kier alpha value is -3.64. The summed E-state index contributed by atoms with van der Waals surface area (Å²) in [6.45, 7) is 3.03. The Morgan fingerprint density at radius 2 is 1.88 bits per heavy atom. The van der Waals surface area contributed by atoms with Crippen molar-refractivity contribution in [2.45, 2.75) is 32.2 Å². The third-order valence-electron chi connectivity index (χ3n) is 5.50. The molecule has 0 bridgehead atoms. The Morgan fingerprint density at radius 3 is 2.44 bits per heavy atom. The number of nitrogens with two attached hydrogens (primary N) is 1.